The first-order valence-electron chi connectivity index (χ1n) is 7.26. The van der Waals surface area contributed by atoms with Crippen molar-refractivity contribution in [1.29, 1.82) is 0 Å². The van der Waals surface area contributed by atoms with Crippen LogP contribution in [-0.2, 0) is 11.4 Å². The van der Waals surface area contributed by atoms with Crippen molar-refractivity contribution in [2.75, 3.05) is 12.9 Å². The van der Waals surface area contributed by atoms with Crippen LogP contribution in [-0.4, -0.2) is 28.6 Å². The van der Waals surface area contributed by atoms with Gasteiger partial charge in [0, 0.05) is 11.8 Å². The molecule has 0 saturated carbocycles. The first kappa shape index (κ1) is 16.5. The SMILES string of the molecule is CCCC[S+]([O-])/N=C\c1ncccc1-c1ccc(OC)cc1. The van der Waals surface area contributed by atoms with Gasteiger partial charge < -0.3 is 9.29 Å². The third-order valence-electron chi connectivity index (χ3n) is 3.20. The van der Waals surface area contributed by atoms with E-state index in [1.807, 2.05) is 36.4 Å². The van der Waals surface area contributed by atoms with E-state index < -0.39 is 11.4 Å². The summed E-state index contributed by atoms with van der Waals surface area (Å²) in [5, 5.41) is 0. The molecule has 0 aliphatic rings. The number of nitrogens with zero attached hydrogens (tertiary/aromatic N) is 2. The fourth-order valence-corrected chi connectivity index (χ4v) is 2.82. The number of methoxy groups -OCH3 is 1. The minimum absolute atomic E-state index is 0.595. The molecule has 1 unspecified atom stereocenters. The van der Waals surface area contributed by atoms with Crippen LogP contribution in [0.2, 0.25) is 0 Å². The summed E-state index contributed by atoms with van der Waals surface area (Å²) >= 11 is -1.18. The third kappa shape index (κ3) is 4.58. The van der Waals surface area contributed by atoms with Gasteiger partial charge in [0.15, 0.2) is 0 Å². The highest BCUT2D eigenvalue weighted by Crippen LogP contribution is 2.23. The van der Waals surface area contributed by atoms with Crippen molar-refractivity contribution in [1.82, 2.24) is 4.98 Å². The normalized spacial score (nSPS) is 12.5. The first-order chi connectivity index (χ1) is 10.7. The van der Waals surface area contributed by atoms with Gasteiger partial charge in [0.25, 0.3) is 0 Å². The van der Waals surface area contributed by atoms with Crippen molar-refractivity contribution in [3.8, 4) is 16.9 Å². The smallest absolute Gasteiger partial charge is 0.133 e. The number of pyridine rings is 1. The van der Waals surface area contributed by atoms with Gasteiger partial charge in [-0.3, -0.25) is 4.98 Å². The number of ether oxygens (including phenoxy) is 1. The second-order valence-electron chi connectivity index (χ2n) is 4.78. The van der Waals surface area contributed by atoms with E-state index in [1.165, 1.54) is 0 Å². The van der Waals surface area contributed by atoms with E-state index in [1.54, 1.807) is 19.5 Å². The molecule has 4 nitrogen and oxygen atoms in total. The summed E-state index contributed by atoms with van der Waals surface area (Å²) in [6.45, 7) is 2.07. The molecule has 0 spiro atoms. The molecule has 2 rings (SSSR count). The third-order valence-corrected chi connectivity index (χ3v) is 4.18. The van der Waals surface area contributed by atoms with E-state index in [-0.39, 0.29) is 0 Å². The molecule has 0 radical (unpaired) electrons. The molecule has 1 atom stereocenters. The summed E-state index contributed by atoms with van der Waals surface area (Å²) in [7, 11) is 1.64. The second kappa shape index (κ2) is 8.56. The summed E-state index contributed by atoms with van der Waals surface area (Å²) in [6, 6.07) is 11.6. The maximum atomic E-state index is 11.8. The van der Waals surface area contributed by atoms with Crippen LogP contribution in [0.25, 0.3) is 11.1 Å². The Balaban J connectivity index is 2.20. The lowest BCUT2D eigenvalue weighted by atomic mass is 10.0. The molecule has 0 aliphatic carbocycles. The molecule has 0 fully saturated rings. The van der Waals surface area contributed by atoms with Crippen molar-refractivity contribution in [3.05, 3.63) is 48.3 Å². The van der Waals surface area contributed by atoms with Crippen LogP contribution in [0.3, 0.4) is 0 Å². The second-order valence-corrected chi connectivity index (χ2v) is 6.04. The monoisotopic (exact) mass is 316 g/mol. The Labute approximate surface area is 134 Å². The van der Waals surface area contributed by atoms with E-state index in [0.717, 1.165) is 35.4 Å². The minimum Gasteiger partial charge on any atom is -0.591 e. The lowest BCUT2D eigenvalue weighted by molar-refractivity contribution is 0.415. The molecule has 0 bridgehead atoms. The fraction of sp³-hybridized carbons (Fsp3) is 0.294. The van der Waals surface area contributed by atoms with Crippen LogP contribution in [0.1, 0.15) is 25.5 Å². The standard InChI is InChI=1S/C17H20N2O2S/c1-3-4-12-22(20)19-13-17-16(6-5-11-18-17)14-7-9-15(21-2)10-8-14/h5-11,13H,3-4,12H2,1-2H3/b19-13-. The van der Waals surface area contributed by atoms with Gasteiger partial charge in [0.1, 0.15) is 17.7 Å². The molecule has 22 heavy (non-hydrogen) atoms. The van der Waals surface area contributed by atoms with E-state index in [2.05, 4.69) is 16.3 Å². The first-order valence-corrected chi connectivity index (χ1v) is 8.54. The summed E-state index contributed by atoms with van der Waals surface area (Å²) < 4.78 is 21.1. The van der Waals surface area contributed by atoms with E-state index in [4.69, 9.17) is 4.74 Å². The number of hydrogen-bond acceptors (Lipinski definition) is 4. The Hall–Kier alpha value is -1.85. The van der Waals surface area contributed by atoms with Crippen molar-refractivity contribution >= 4 is 17.6 Å². The molecule has 2 aromatic rings. The highest BCUT2D eigenvalue weighted by Gasteiger charge is 2.07. The van der Waals surface area contributed by atoms with E-state index >= 15 is 0 Å². The molecular formula is C17H20N2O2S. The van der Waals surface area contributed by atoms with E-state index in [9.17, 15) is 4.55 Å². The van der Waals surface area contributed by atoms with Gasteiger partial charge >= 0.3 is 0 Å². The summed E-state index contributed by atoms with van der Waals surface area (Å²) in [5.41, 5.74) is 2.70. The lowest BCUT2D eigenvalue weighted by Crippen LogP contribution is -2.03. The minimum atomic E-state index is -1.18. The number of unbranched alkanes of at least 4 members (excludes halogenated alkanes) is 1. The van der Waals surface area contributed by atoms with Crippen LogP contribution in [0.5, 0.6) is 5.75 Å². The Morgan fingerprint density at radius 1 is 1.27 bits per heavy atom. The van der Waals surface area contributed by atoms with Gasteiger partial charge in [-0.1, -0.05) is 35.9 Å². The summed E-state index contributed by atoms with van der Waals surface area (Å²) in [5.74, 6) is 1.40. The number of aromatic nitrogens is 1. The van der Waals surface area contributed by atoms with Gasteiger partial charge in [-0.2, -0.15) is 0 Å². The highest BCUT2D eigenvalue weighted by molar-refractivity contribution is 7.90. The van der Waals surface area contributed by atoms with Gasteiger partial charge in [-0.05, 0) is 30.2 Å². The van der Waals surface area contributed by atoms with Crippen LogP contribution in [0, 0.1) is 0 Å². The zero-order valence-electron chi connectivity index (χ0n) is 12.9. The van der Waals surface area contributed by atoms with Crippen molar-refractivity contribution in [3.63, 3.8) is 0 Å². The maximum Gasteiger partial charge on any atom is 0.133 e. The number of rotatable bonds is 7. The zero-order chi connectivity index (χ0) is 15.8. The van der Waals surface area contributed by atoms with Gasteiger partial charge in [-0.25, -0.2) is 0 Å². The van der Waals surface area contributed by atoms with Crippen molar-refractivity contribution in [2.45, 2.75) is 19.8 Å². The predicted molar refractivity (Wildman–Crippen MR) is 91.7 cm³/mol. The molecule has 1 aromatic heterocycles. The van der Waals surface area contributed by atoms with Gasteiger partial charge in [0.2, 0.25) is 0 Å². The van der Waals surface area contributed by atoms with Crippen molar-refractivity contribution in [2.24, 2.45) is 4.40 Å². The molecule has 116 valence electrons. The summed E-state index contributed by atoms with van der Waals surface area (Å²) in [4.78, 5) is 4.33. The Bertz CT molecular complexity index is 614. The largest absolute Gasteiger partial charge is 0.591 e. The van der Waals surface area contributed by atoms with Crippen LogP contribution in [0.15, 0.2) is 47.0 Å². The number of benzene rings is 1. The average Bonchev–Trinajstić information content (AvgIpc) is 2.58. The molecular weight excluding hydrogens is 296 g/mol. The van der Waals surface area contributed by atoms with Gasteiger partial charge in [-0.15, -0.1) is 0 Å². The van der Waals surface area contributed by atoms with Crippen molar-refractivity contribution < 1.29 is 9.29 Å². The van der Waals surface area contributed by atoms with Crippen LogP contribution >= 0.6 is 0 Å². The lowest BCUT2D eigenvalue weighted by Gasteiger charge is -2.06. The highest BCUT2D eigenvalue weighted by atomic mass is 32.2. The molecule has 1 heterocycles. The molecule has 5 heteroatoms. The fourth-order valence-electron chi connectivity index (χ4n) is 1.96. The Kier molecular flexibility index (Phi) is 6.43. The Morgan fingerprint density at radius 3 is 2.73 bits per heavy atom. The van der Waals surface area contributed by atoms with Crippen LogP contribution < -0.4 is 4.74 Å². The summed E-state index contributed by atoms with van der Waals surface area (Å²) in [6.07, 6.45) is 5.24. The topological polar surface area (TPSA) is 57.5 Å². The maximum absolute atomic E-state index is 11.8. The average molecular weight is 316 g/mol. The molecule has 1 aromatic carbocycles. The quantitative estimate of drug-likeness (QED) is 0.579. The molecule has 0 saturated heterocycles. The molecule has 0 aliphatic heterocycles. The number of hydrogen-bond donors (Lipinski definition) is 0. The predicted octanol–water partition coefficient (Wildman–Crippen LogP) is 3.64. The zero-order valence-corrected chi connectivity index (χ0v) is 13.7. The van der Waals surface area contributed by atoms with Gasteiger partial charge in [0.05, 0.1) is 24.2 Å². The molecule has 0 N–H and O–H groups in total. The Morgan fingerprint density at radius 2 is 2.05 bits per heavy atom. The molecule has 0 amide bonds. The van der Waals surface area contributed by atoms with Crippen LogP contribution in [0.4, 0.5) is 0 Å². The van der Waals surface area contributed by atoms with E-state index in [0.29, 0.717) is 5.75 Å².